The predicted molar refractivity (Wildman–Crippen MR) is 67.7 cm³/mol. The van der Waals surface area contributed by atoms with E-state index in [9.17, 15) is 4.79 Å². The van der Waals surface area contributed by atoms with Gasteiger partial charge in [-0.1, -0.05) is 43.7 Å². The van der Waals surface area contributed by atoms with Crippen molar-refractivity contribution in [1.29, 1.82) is 0 Å². The summed E-state index contributed by atoms with van der Waals surface area (Å²) in [5.74, 6) is 0.0690. The molecule has 0 saturated carbocycles. The molecule has 17 heavy (non-hydrogen) atoms. The zero-order chi connectivity index (χ0) is 12.3. The van der Waals surface area contributed by atoms with Crippen molar-refractivity contribution in [3.8, 4) is 0 Å². The van der Waals surface area contributed by atoms with Crippen LogP contribution in [0.3, 0.4) is 0 Å². The molecule has 0 unspecified atom stereocenters. The average molecular weight is 232 g/mol. The van der Waals surface area contributed by atoms with Crippen LogP contribution in [-0.4, -0.2) is 11.6 Å². The molecule has 0 bridgehead atoms. The lowest BCUT2D eigenvalue weighted by molar-refractivity contribution is -0.211. The molecule has 2 heteroatoms. The van der Waals surface area contributed by atoms with Gasteiger partial charge in [0.2, 0.25) is 0 Å². The summed E-state index contributed by atoms with van der Waals surface area (Å²) in [5, 5.41) is 0. The number of carbonyl (C=O) groups excluding carboxylic acids is 1. The molecule has 1 aliphatic rings. The number of cyclic esters (lactones) is 1. The van der Waals surface area contributed by atoms with Crippen molar-refractivity contribution in [1.82, 2.24) is 0 Å². The number of carbonyl (C=O) groups is 1. The van der Waals surface area contributed by atoms with E-state index in [1.165, 1.54) is 5.56 Å². The van der Waals surface area contributed by atoms with Gasteiger partial charge >= 0.3 is 5.97 Å². The molecule has 1 saturated heterocycles. The lowest BCUT2D eigenvalue weighted by Crippen LogP contribution is -2.55. The van der Waals surface area contributed by atoms with E-state index in [0.717, 1.165) is 25.7 Å². The van der Waals surface area contributed by atoms with Crippen molar-refractivity contribution in [2.45, 2.75) is 45.1 Å². The van der Waals surface area contributed by atoms with Crippen LogP contribution in [0.5, 0.6) is 0 Å². The zero-order valence-corrected chi connectivity index (χ0v) is 10.6. The summed E-state index contributed by atoms with van der Waals surface area (Å²) in [4.78, 5) is 11.5. The summed E-state index contributed by atoms with van der Waals surface area (Å²) in [6.45, 7) is 4.19. The number of benzene rings is 1. The molecular weight excluding hydrogens is 212 g/mol. The highest BCUT2D eigenvalue weighted by atomic mass is 16.6. The molecule has 2 atom stereocenters. The fraction of sp³-hybridized carbons (Fsp3) is 0.533. The van der Waals surface area contributed by atoms with E-state index in [0.29, 0.717) is 0 Å². The molecule has 1 aromatic rings. The maximum atomic E-state index is 11.5. The van der Waals surface area contributed by atoms with Crippen LogP contribution in [-0.2, 0) is 16.0 Å². The molecule has 2 nitrogen and oxygen atoms in total. The summed E-state index contributed by atoms with van der Waals surface area (Å²) in [5.41, 5.74) is 1.09. The van der Waals surface area contributed by atoms with Gasteiger partial charge in [0, 0.05) is 0 Å². The van der Waals surface area contributed by atoms with Crippen molar-refractivity contribution in [2.24, 2.45) is 5.92 Å². The molecular formula is C15H20O2. The standard InChI is InChI=1S/C15H20O2/c1-3-11-15(2)13(14(16)17-15)10-9-12-7-5-4-6-8-12/h4-8,13H,3,9-11H2,1-2H3/t13-,15+/m0/s1. The molecule has 92 valence electrons. The average Bonchev–Trinajstić information content (AvgIpc) is 2.30. The maximum absolute atomic E-state index is 11.5. The van der Waals surface area contributed by atoms with Gasteiger partial charge in [-0.3, -0.25) is 4.79 Å². The Labute approximate surface area is 103 Å². The third-order valence-corrected chi connectivity index (χ3v) is 3.67. The van der Waals surface area contributed by atoms with E-state index in [2.05, 4.69) is 26.0 Å². The van der Waals surface area contributed by atoms with Crippen molar-refractivity contribution >= 4 is 5.97 Å². The lowest BCUT2D eigenvalue weighted by Gasteiger charge is -2.45. The topological polar surface area (TPSA) is 26.3 Å². The quantitative estimate of drug-likeness (QED) is 0.728. The maximum Gasteiger partial charge on any atom is 0.313 e. The van der Waals surface area contributed by atoms with Gasteiger partial charge in [-0.25, -0.2) is 0 Å². The molecule has 0 N–H and O–H groups in total. The number of aryl methyl sites for hydroxylation is 1. The van der Waals surface area contributed by atoms with Crippen molar-refractivity contribution in [2.75, 3.05) is 0 Å². The zero-order valence-electron chi connectivity index (χ0n) is 10.6. The van der Waals surface area contributed by atoms with Crippen molar-refractivity contribution < 1.29 is 9.53 Å². The van der Waals surface area contributed by atoms with E-state index in [1.807, 2.05) is 18.2 Å². The summed E-state index contributed by atoms with van der Waals surface area (Å²) in [7, 11) is 0. The second kappa shape index (κ2) is 4.91. The summed E-state index contributed by atoms with van der Waals surface area (Å²) >= 11 is 0. The highest BCUT2D eigenvalue weighted by Gasteiger charge is 2.51. The van der Waals surface area contributed by atoms with E-state index in [1.54, 1.807) is 0 Å². The number of rotatable bonds is 5. The first kappa shape index (κ1) is 12.2. The first-order chi connectivity index (χ1) is 8.15. The predicted octanol–water partition coefficient (Wildman–Crippen LogP) is 3.35. The van der Waals surface area contributed by atoms with Crippen LogP contribution >= 0.6 is 0 Å². The van der Waals surface area contributed by atoms with Gasteiger partial charge in [-0.15, -0.1) is 0 Å². The van der Waals surface area contributed by atoms with Crippen LogP contribution in [0.1, 0.15) is 38.7 Å². The van der Waals surface area contributed by atoms with Crippen LogP contribution in [0.15, 0.2) is 30.3 Å². The fourth-order valence-electron chi connectivity index (χ4n) is 2.66. The molecule has 0 aromatic heterocycles. The Balaban J connectivity index is 1.92. The van der Waals surface area contributed by atoms with Gasteiger partial charge in [0.15, 0.2) is 0 Å². The fourth-order valence-corrected chi connectivity index (χ4v) is 2.66. The van der Waals surface area contributed by atoms with Gasteiger partial charge in [0.1, 0.15) is 5.60 Å². The Kier molecular flexibility index (Phi) is 3.51. The van der Waals surface area contributed by atoms with Crippen molar-refractivity contribution in [3.05, 3.63) is 35.9 Å². The van der Waals surface area contributed by atoms with Gasteiger partial charge in [-0.2, -0.15) is 0 Å². The second-order valence-corrected chi connectivity index (χ2v) is 5.06. The SMILES string of the molecule is CCC[C@@]1(C)OC(=O)[C@@H]1CCc1ccccc1. The molecule has 2 rings (SSSR count). The Morgan fingerprint density at radius 2 is 2.00 bits per heavy atom. The Bertz CT molecular complexity index is 385. The number of hydrogen-bond acceptors (Lipinski definition) is 2. The molecule has 1 aliphatic heterocycles. The molecule has 1 heterocycles. The molecule has 0 radical (unpaired) electrons. The Morgan fingerprint density at radius 1 is 1.29 bits per heavy atom. The number of esters is 1. The van der Waals surface area contributed by atoms with Crippen LogP contribution in [0.2, 0.25) is 0 Å². The third-order valence-electron chi connectivity index (χ3n) is 3.67. The minimum absolute atomic E-state index is 0.0168. The van der Waals surface area contributed by atoms with E-state index >= 15 is 0 Å². The smallest absolute Gasteiger partial charge is 0.313 e. The van der Waals surface area contributed by atoms with Crippen LogP contribution in [0.25, 0.3) is 0 Å². The summed E-state index contributed by atoms with van der Waals surface area (Å²) in [6.07, 6.45) is 3.89. The highest BCUT2D eigenvalue weighted by molar-refractivity contribution is 5.80. The highest BCUT2D eigenvalue weighted by Crippen LogP contribution is 2.40. The monoisotopic (exact) mass is 232 g/mol. The van der Waals surface area contributed by atoms with E-state index in [-0.39, 0.29) is 17.5 Å². The Morgan fingerprint density at radius 3 is 2.59 bits per heavy atom. The van der Waals surface area contributed by atoms with Crippen LogP contribution in [0, 0.1) is 5.92 Å². The molecule has 1 fully saturated rings. The molecule has 0 spiro atoms. The van der Waals surface area contributed by atoms with Gasteiger partial charge < -0.3 is 4.74 Å². The largest absolute Gasteiger partial charge is 0.458 e. The third kappa shape index (κ3) is 2.51. The van der Waals surface area contributed by atoms with Gasteiger partial charge in [-0.05, 0) is 31.7 Å². The normalized spacial score (nSPS) is 27.4. The van der Waals surface area contributed by atoms with Gasteiger partial charge in [0.05, 0.1) is 5.92 Å². The minimum atomic E-state index is -0.208. The van der Waals surface area contributed by atoms with E-state index < -0.39 is 0 Å². The summed E-state index contributed by atoms with van der Waals surface area (Å²) < 4.78 is 5.33. The lowest BCUT2D eigenvalue weighted by atomic mass is 9.77. The first-order valence-electron chi connectivity index (χ1n) is 6.42. The molecule has 0 amide bonds. The molecule has 0 aliphatic carbocycles. The Hall–Kier alpha value is -1.31. The second-order valence-electron chi connectivity index (χ2n) is 5.06. The molecule has 1 aromatic carbocycles. The van der Waals surface area contributed by atoms with Crippen LogP contribution in [0.4, 0.5) is 0 Å². The van der Waals surface area contributed by atoms with Crippen molar-refractivity contribution in [3.63, 3.8) is 0 Å². The number of hydrogen-bond donors (Lipinski definition) is 0. The summed E-state index contributed by atoms with van der Waals surface area (Å²) in [6, 6.07) is 10.3. The number of ether oxygens (including phenoxy) is 1. The van der Waals surface area contributed by atoms with E-state index in [4.69, 9.17) is 4.74 Å². The van der Waals surface area contributed by atoms with Crippen LogP contribution < -0.4 is 0 Å². The first-order valence-corrected chi connectivity index (χ1v) is 6.42. The minimum Gasteiger partial charge on any atom is -0.458 e. The van der Waals surface area contributed by atoms with Gasteiger partial charge in [0.25, 0.3) is 0 Å².